The van der Waals surface area contributed by atoms with Crippen LogP contribution >= 0.6 is 0 Å². The number of fused-ring (bicyclic) bond motifs is 1. The van der Waals surface area contributed by atoms with Crippen LogP contribution in [0.15, 0.2) is 42.5 Å². The number of imidazole rings is 1. The molecule has 0 saturated heterocycles. The van der Waals surface area contributed by atoms with Crippen LogP contribution in [0.4, 0.5) is 0 Å². The molecule has 1 heterocycles. The Balaban J connectivity index is 2.00. The van der Waals surface area contributed by atoms with Gasteiger partial charge in [-0.3, -0.25) is 0 Å². The highest BCUT2D eigenvalue weighted by molar-refractivity contribution is 5.81. The predicted octanol–water partition coefficient (Wildman–Crippen LogP) is 4.66. The van der Waals surface area contributed by atoms with Gasteiger partial charge in [0.2, 0.25) is 0 Å². The molecule has 0 amide bonds. The van der Waals surface area contributed by atoms with E-state index in [1.54, 1.807) is 7.11 Å². The molecule has 23 heavy (non-hydrogen) atoms. The number of aromatic nitrogens is 2. The van der Waals surface area contributed by atoms with Gasteiger partial charge in [0.05, 0.1) is 30.3 Å². The summed E-state index contributed by atoms with van der Waals surface area (Å²) in [7, 11) is 1.66. The van der Waals surface area contributed by atoms with Crippen molar-refractivity contribution in [3.63, 3.8) is 0 Å². The van der Waals surface area contributed by atoms with Crippen molar-refractivity contribution in [2.75, 3.05) is 13.7 Å². The number of benzene rings is 2. The highest BCUT2D eigenvalue weighted by Crippen LogP contribution is 2.37. The van der Waals surface area contributed by atoms with E-state index in [4.69, 9.17) is 9.47 Å². The molecule has 120 valence electrons. The van der Waals surface area contributed by atoms with Crippen LogP contribution in [0.2, 0.25) is 0 Å². The van der Waals surface area contributed by atoms with E-state index in [9.17, 15) is 0 Å². The van der Waals surface area contributed by atoms with Crippen molar-refractivity contribution >= 4 is 11.0 Å². The summed E-state index contributed by atoms with van der Waals surface area (Å²) < 4.78 is 11.5. The summed E-state index contributed by atoms with van der Waals surface area (Å²) in [6.07, 6.45) is 0.998. The summed E-state index contributed by atoms with van der Waals surface area (Å²) >= 11 is 0. The van der Waals surface area contributed by atoms with Crippen molar-refractivity contribution in [2.45, 2.75) is 20.3 Å². The topological polar surface area (TPSA) is 47.1 Å². The molecule has 0 aliphatic rings. The molecule has 4 heteroatoms. The van der Waals surface area contributed by atoms with Gasteiger partial charge in [-0.15, -0.1) is 0 Å². The molecule has 0 radical (unpaired) electrons. The third-order valence-electron chi connectivity index (χ3n) is 3.78. The lowest BCUT2D eigenvalue weighted by Crippen LogP contribution is -2.04. The zero-order chi connectivity index (χ0) is 16.2. The van der Waals surface area contributed by atoms with Crippen molar-refractivity contribution in [1.29, 1.82) is 0 Å². The standard InChI is InChI=1S/C19H22N2O2/c1-13(2)11-12-23-18-14(7-6-10-17(18)22-3)19-20-15-8-4-5-9-16(15)21-19/h4-10,13H,11-12H2,1-3H3,(H,20,21). The highest BCUT2D eigenvalue weighted by Gasteiger charge is 2.15. The van der Waals surface area contributed by atoms with E-state index in [2.05, 4.69) is 23.8 Å². The van der Waals surface area contributed by atoms with Gasteiger partial charge < -0.3 is 14.5 Å². The minimum absolute atomic E-state index is 0.597. The van der Waals surface area contributed by atoms with Crippen LogP contribution in [-0.2, 0) is 0 Å². The number of nitrogens with one attached hydrogen (secondary N) is 1. The Bertz CT molecular complexity index is 760. The van der Waals surface area contributed by atoms with Crippen LogP contribution in [0.1, 0.15) is 20.3 Å². The number of aromatic amines is 1. The van der Waals surface area contributed by atoms with E-state index < -0.39 is 0 Å². The van der Waals surface area contributed by atoms with E-state index in [1.807, 2.05) is 42.5 Å². The number of nitrogens with zero attached hydrogens (tertiary/aromatic N) is 1. The normalized spacial score (nSPS) is 11.1. The average Bonchev–Trinajstić information content (AvgIpc) is 2.98. The van der Waals surface area contributed by atoms with Crippen molar-refractivity contribution in [3.8, 4) is 22.9 Å². The first-order chi connectivity index (χ1) is 11.2. The summed E-state index contributed by atoms with van der Waals surface area (Å²) in [5.74, 6) is 2.87. The number of ether oxygens (including phenoxy) is 2. The Hall–Kier alpha value is -2.49. The van der Waals surface area contributed by atoms with E-state index in [0.717, 1.165) is 40.3 Å². The average molecular weight is 310 g/mol. The molecule has 0 aliphatic carbocycles. The van der Waals surface area contributed by atoms with Crippen LogP contribution in [-0.4, -0.2) is 23.7 Å². The highest BCUT2D eigenvalue weighted by atomic mass is 16.5. The summed E-state index contributed by atoms with van der Waals surface area (Å²) in [4.78, 5) is 8.03. The maximum atomic E-state index is 6.04. The second-order valence-electron chi connectivity index (χ2n) is 5.97. The summed E-state index contributed by atoms with van der Waals surface area (Å²) in [5, 5.41) is 0. The zero-order valence-electron chi connectivity index (χ0n) is 13.8. The first-order valence-electron chi connectivity index (χ1n) is 7.94. The fourth-order valence-electron chi connectivity index (χ4n) is 2.49. The Morgan fingerprint density at radius 2 is 1.91 bits per heavy atom. The quantitative estimate of drug-likeness (QED) is 0.720. The van der Waals surface area contributed by atoms with Gasteiger partial charge in [-0.1, -0.05) is 32.0 Å². The first kappa shape index (κ1) is 15.4. The van der Waals surface area contributed by atoms with Gasteiger partial charge in [-0.05, 0) is 36.6 Å². The Morgan fingerprint density at radius 1 is 1.09 bits per heavy atom. The third-order valence-corrected chi connectivity index (χ3v) is 3.78. The molecule has 3 rings (SSSR count). The Kier molecular flexibility index (Phi) is 4.51. The number of methoxy groups -OCH3 is 1. The fourth-order valence-corrected chi connectivity index (χ4v) is 2.49. The van der Waals surface area contributed by atoms with E-state index in [1.165, 1.54) is 0 Å². The summed E-state index contributed by atoms with van der Waals surface area (Å²) in [6.45, 7) is 5.03. The zero-order valence-corrected chi connectivity index (χ0v) is 13.8. The monoisotopic (exact) mass is 310 g/mol. The number of para-hydroxylation sites is 3. The van der Waals surface area contributed by atoms with E-state index in [0.29, 0.717) is 12.5 Å². The third kappa shape index (κ3) is 3.31. The van der Waals surface area contributed by atoms with Crippen LogP contribution < -0.4 is 9.47 Å². The molecule has 4 nitrogen and oxygen atoms in total. The van der Waals surface area contributed by atoms with E-state index >= 15 is 0 Å². The van der Waals surface area contributed by atoms with Crippen molar-refractivity contribution in [3.05, 3.63) is 42.5 Å². The summed E-state index contributed by atoms with van der Waals surface area (Å²) in [5.41, 5.74) is 2.88. The molecule has 2 aromatic carbocycles. The lowest BCUT2D eigenvalue weighted by atomic mass is 10.1. The molecule has 0 bridgehead atoms. The molecule has 1 aromatic heterocycles. The smallest absolute Gasteiger partial charge is 0.172 e. The number of hydrogen-bond donors (Lipinski definition) is 1. The maximum absolute atomic E-state index is 6.04. The first-order valence-corrected chi connectivity index (χ1v) is 7.94. The van der Waals surface area contributed by atoms with E-state index in [-0.39, 0.29) is 0 Å². The fraction of sp³-hybridized carbons (Fsp3) is 0.316. The minimum Gasteiger partial charge on any atom is -0.493 e. The lowest BCUT2D eigenvalue weighted by molar-refractivity contribution is 0.274. The van der Waals surface area contributed by atoms with Crippen LogP contribution in [0.5, 0.6) is 11.5 Å². The second kappa shape index (κ2) is 6.73. The van der Waals surface area contributed by atoms with Gasteiger partial charge in [-0.25, -0.2) is 4.98 Å². The number of hydrogen-bond acceptors (Lipinski definition) is 3. The molecule has 3 aromatic rings. The van der Waals surface area contributed by atoms with Gasteiger partial charge in [0.25, 0.3) is 0 Å². The number of H-pyrrole nitrogens is 1. The molecule has 0 saturated carbocycles. The molecule has 0 atom stereocenters. The molecular formula is C19H22N2O2. The maximum Gasteiger partial charge on any atom is 0.172 e. The van der Waals surface area contributed by atoms with Crippen molar-refractivity contribution < 1.29 is 9.47 Å². The van der Waals surface area contributed by atoms with Crippen molar-refractivity contribution in [2.24, 2.45) is 5.92 Å². The summed E-state index contributed by atoms with van der Waals surface area (Å²) in [6, 6.07) is 13.9. The van der Waals surface area contributed by atoms with Gasteiger partial charge in [0, 0.05) is 0 Å². The van der Waals surface area contributed by atoms with Gasteiger partial charge in [0.15, 0.2) is 11.5 Å². The molecule has 1 N–H and O–H groups in total. The largest absolute Gasteiger partial charge is 0.493 e. The van der Waals surface area contributed by atoms with Crippen LogP contribution in [0.25, 0.3) is 22.4 Å². The number of rotatable bonds is 6. The van der Waals surface area contributed by atoms with Crippen molar-refractivity contribution in [1.82, 2.24) is 9.97 Å². The van der Waals surface area contributed by atoms with Crippen LogP contribution in [0.3, 0.4) is 0 Å². The predicted molar refractivity (Wildman–Crippen MR) is 93.0 cm³/mol. The SMILES string of the molecule is COc1cccc(-c2nc3ccccc3[nH]2)c1OCCC(C)C. The van der Waals surface area contributed by atoms with Crippen LogP contribution in [0, 0.1) is 5.92 Å². The van der Waals surface area contributed by atoms with Gasteiger partial charge in [0.1, 0.15) is 5.82 Å². The molecule has 0 aliphatic heterocycles. The second-order valence-corrected chi connectivity index (χ2v) is 5.97. The molecule has 0 spiro atoms. The Labute approximate surface area is 136 Å². The minimum atomic E-state index is 0.597. The molecule has 0 fully saturated rings. The van der Waals surface area contributed by atoms with Gasteiger partial charge in [-0.2, -0.15) is 0 Å². The van der Waals surface area contributed by atoms with Gasteiger partial charge >= 0.3 is 0 Å². The lowest BCUT2D eigenvalue weighted by Gasteiger charge is -2.14. The molecule has 0 unspecified atom stereocenters. The molecular weight excluding hydrogens is 288 g/mol. The Morgan fingerprint density at radius 3 is 2.65 bits per heavy atom.